The van der Waals surface area contributed by atoms with E-state index in [1.807, 2.05) is 6.92 Å². The number of aromatic carboxylic acids is 1. The van der Waals surface area contributed by atoms with E-state index < -0.39 is 5.97 Å². The van der Waals surface area contributed by atoms with Crippen LogP contribution in [0.15, 0.2) is 48.5 Å². The smallest absolute Gasteiger partial charge is 0.335 e. The molecule has 2 aromatic carbocycles. The van der Waals surface area contributed by atoms with Crippen LogP contribution in [0, 0.1) is 10.1 Å². The van der Waals surface area contributed by atoms with Crippen LogP contribution >= 0.6 is 0 Å². The minimum Gasteiger partial charge on any atom is -0.478 e. The van der Waals surface area contributed by atoms with Crippen molar-refractivity contribution in [2.75, 3.05) is 11.9 Å². The monoisotopic (exact) mass is 300 g/mol. The summed E-state index contributed by atoms with van der Waals surface area (Å²) >= 11 is 0. The Hall–Kier alpha value is -2.89. The highest BCUT2D eigenvalue weighted by Crippen LogP contribution is 2.26. The van der Waals surface area contributed by atoms with Crippen molar-refractivity contribution in [3.05, 3.63) is 69.8 Å². The molecule has 1 atom stereocenters. The Morgan fingerprint density at radius 2 is 1.86 bits per heavy atom. The van der Waals surface area contributed by atoms with E-state index >= 15 is 0 Å². The fourth-order valence-electron chi connectivity index (χ4n) is 2.18. The molecule has 0 saturated carbocycles. The van der Waals surface area contributed by atoms with Crippen LogP contribution in [0.3, 0.4) is 0 Å². The van der Waals surface area contributed by atoms with Gasteiger partial charge in [-0.3, -0.25) is 10.1 Å². The zero-order chi connectivity index (χ0) is 16.1. The predicted octanol–water partition coefficient (Wildman–Crippen LogP) is 3.51. The van der Waals surface area contributed by atoms with Gasteiger partial charge in [-0.25, -0.2) is 4.79 Å². The maximum absolute atomic E-state index is 11.0. The number of nitrogens with one attached hydrogen (secondary N) is 1. The van der Waals surface area contributed by atoms with Crippen molar-refractivity contribution in [3.63, 3.8) is 0 Å². The van der Waals surface area contributed by atoms with Crippen molar-refractivity contribution < 1.29 is 14.8 Å². The number of nitro benzene ring substituents is 1. The quantitative estimate of drug-likeness (QED) is 0.629. The number of rotatable bonds is 6. The number of carbonyl (C=O) groups is 1. The van der Waals surface area contributed by atoms with Crippen LogP contribution in [-0.4, -0.2) is 22.5 Å². The van der Waals surface area contributed by atoms with Crippen LogP contribution in [0.25, 0.3) is 0 Å². The third kappa shape index (κ3) is 3.60. The van der Waals surface area contributed by atoms with Crippen molar-refractivity contribution >= 4 is 17.3 Å². The third-order valence-corrected chi connectivity index (χ3v) is 3.41. The minimum absolute atomic E-state index is 0.0549. The van der Waals surface area contributed by atoms with E-state index in [1.165, 1.54) is 18.2 Å². The molecular formula is C16H16N2O4. The molecule has 0 amide bonds. The Bertz CT molecular complexity index is 683. The molecule has 114 valence electrons. The number of nitro groups is 1. The van der Waals surface area contributed by atoms with E-state index in [9.17, 15) is 14.9 Å². The molecule has 0 spiro atoms. The molecule has 2 aromatic rings. The number of benzene rings is 2. The topological polar surface area (TPSA) is 92.5 Å². The molecule has 0 radical (unpaired) electrons. The van der Waals surface area contributed by atoms with E-state index in [-0.39, 0.29) is 22.1 Å². The fraction of sp³-hybridized carbons (Fsp3) is 0.188. The van der Waals surface area contributed by atoms with E-state index in [4.69, 9.17) is 5.11 Å². The molecule has 6 heteroatoms. The SMILES string of the molecule is CC(CNc1ccc(C(=O)O)cc1)c1ccccc1[N+](=O)[O-]. The van der Waals surface area contributed by atoms with Crippen molar-refractivity contribution in [1.82, 2.24) is 0 Å². The summed E-state index contributed by atoms with van der Waals surface area (Å²) in [6.45, 7) is 2.41. The average Bonchev–Trinajstić information content (AvgIpc) is 2.53. The molecule has 0 fully saturated rings. The first-order valence-corrected chi connectivity index (χ1v) is 6.79. The Labute approximate surface area is 127 Å². The molecule has 2 N–H and O–H groups in total. The summed E-state index contributed by atoms with van der Waals surface area (Å²) in [7, 11) is 0. The summed E-state index contributed by atoms with van der Waals surface area (Å²) in [4.78, 5) is 21.4. The van der Waals surface area contributed by atoms with Crippen LogP contribution < -0.4 is 5.32 Å². The molecule has 0 saturated heterocycles. The van der Waals surface area contributed by atoms with Gasteiger partial charge in [-0.15, -0.1) is 0 Å². The Kier molecular flexibility index (Phi) is 4.73. The van der Waals surface area contributed by atoms with Gasteiger partial charge in [-0.2, -0.15) is 0 Å². The van der Waals surface area contributed by atoms with Crippen molar-refractivity contribution in [2.45, 2.75) is 12.8 Å². The largest absolute Gasteiger partial charge is 0.478 e. The maximum Gasteiger partial charge on any atom is 0.335 e. The zero-order valence-corrected chi connectivity index (χ0v) is 12.0. The molecule has 0 aliphatic heterocycles. The number of carboxylic acids is 1. The van der Waals surface area contributed by atoms with Gasteiger partial charge >= 0.3 is 5.97 Å². The number of hydrogen-bond acceptors (Lipinski definition) is 4. The molecule has 22 heavy (non-hydrogen) atoms. The highest BCUT2D eigenvalue weighted by molar-refractivity contribution is 5.87. The van der Waals surface area contributed by atoms with Gasteiger partial charge in [0.2, 0.25) is 0 Å². The summed E-state index contributed by atoms with van der Waals surface area (Å²) in [5, 5.41) is 23.0. The Morgan fingerprint density at radius 1 is 1.23 bits per heavy atom. The van der Waals surface area contributed by atoms with Crippen molar-refractivity contribution in [3.8, 4) is 0 Å². The molecule has 0 aliphatic rings. The second-order valence-electron chi connectivity index (χ2n) is 4.98. The third-order valence-electron chi connectivity index (χ3n) is 3.41. The molecule has 0 aromatic heterocycles. The van der Waals surface area contributed by atoms with Crippen LogP contribution in [0.4, 0.5) is 11.4 Å². The molecule has 0 aliphatic carbocycles. The molecule has 0 bridgehead atoms. The molecule has 1 unspecified atom stereocenters. The summed E-state index contributed by atoms with van der Waals surface area (Å²) in [6.07, 6.45) is 0. The fourth-order valence-corrected chi connectivity index (χ4v) is 2.18. The molecule has 2 rings (SSSR count). The van der Waals surface area contributed by atoms with E-state index in [1.54, 1.807) is 30.3 Å². The lowest BCUT2D eigenvalue weighted by Gasteiger charge is -2.14. The van der Waals surface area contributed by atoms with Gasteiger partial charge in [-0.05, 0) is 24.3 Å². The van der Waals surface area contributed by atoms with E-state index in [0.717, 1.165) is 5.69 Å². The van der Waals surface area contributed by atoms with E-state index in [0.29, 0.717) is 12.1 Å². The van der Waals surface area contributed by atoms with Crippen LogP contribution in [0.2, 0.25) is 0 Å². The summed E-state index contributed by atoms with van der Waals surface area (Å²) in [5.74, 6) is -1.03. The number of para-hydroxylation sites is 1. The van der Waals surface area contributed by atoms with E-state index in [2.05, 4.69) is 5.32 Å². The van der Waals surface area contributed by atoms with Crippen molar-refractivity contribution in [1.29, 1.82) is 0 Å². The number of hydrogen-bond donors (Lipinski definition) is 2. The first-order valence-electron chi connectivity index (χ1n) is 6.79. The lowest BCUT2D eigenvalue weighted by molar-refractivity contribution is -0.385. The lowest BCUT2D eigenvalue weighted by atomic mass is 9.99. The molecule has 0 heterocycles. The molecular weight excluding hydrogens is 284 g/mol. The zero-order valence-electron chi connectivity index (χ0n) is 12.0. The first kappa shape index (κ1) is 15.5. The van der Waals surface area contributed by atoms with Gasteiger partial charge < -0.3 is 10.4 Å². The second kappa shape index (κ2) is 6.71. The van der Waals surface area contributed by atoms with Crippen LogP contribution in [0.1, 0.15) is 28.8 Å². The predicted molar refractivity (Wildman–Crippen MR) is 83.4 cm³/mol. The summed E-state index contributed by atoms with van der Waals surface area (Å²) in [6, 6.07) is 13.0. The van der Waals surface area contributed by atoms with Gasteiger partial charge in [-0.1, -0.05) is 25.1 Å². The first-order chi connectivity index (χ1) is 10.5. The summed E-state index contributed by atoms with van der Waals surface area (Å²) in [5.41, 5.74) is 1.77. The number of carboxylic acid groups (broad SMARTS) is 1. The standard InChI is InChI=1S/C16H16N2O4/c1-11(14-4-2-3-5-15(14)18(21)22)10-17-13-8-6-12(7-9-13)16(19)20/h2-9,11,17H,10H2,1H3,(H,19,20). The van der Waals surface area contributed by atoms with Crippen molar-refractivity contribution in [2.24, 2.45) is 0 Å². The van der Waals surface area contributed by atoms with Gasteiger partial charge in [0.05, 0.1) is 10.5 Å². The highest BCUT2D eigenvalue weighted by atomic mass is 16.6. The minimum atomic E-state index is -0.972. The average molecular weight is 300 g/mol. The number of nitrogens with zero attached hydrogens (tertiary/aromatic N) is 1. The highest BCUT2D eigenvalue weighted by Gasteiger charge is 2.17. The Balaban J connectivity index is 2.05. The second-order valence-corrected chi connectivity index (χ2v) is 4.98. The van der Waals surface area contributed by atoms with Gasteiger partial charge in [0.15, 0.2) is 0 Å². The normalized spacial score (nSPS) is 11.7. The maximum atomic E-state index is 11.0. The lowest BCUT2D eigenvalue weighted by Crippen LogP contribution is -2.11. The number of anilines is 1. The Morgan fingerprint density at radius 3 is 2.45 bits per heavy atom. The molecule has 6 nitrogen and oxygen atoms in total. The van der Waals surface area contributed by atoms with Crippen LogP contribution in [-0.2, 0) is 0 Å². The van der Waals surface area contributed by atoms with Gasteiger partial charge in [0, 0.05) is 29.8 Å². The van der Waals surface area contributed by atoms with Crippen LogP contribution in [0.5, 0.6) is 0 Å². The van der Waals surface area contributed by atoms with Gasteiger partial charge in [0.1, 0.15) is 0 Å². The summed E-state index contributed by atoms with van der Waals surface area (Å²) < 4.78 is 0. The van der Waals surface area contributed by atoms with Gasteiger partial charge in [0.25, 0.3) is 5.69 Å².